The van der Waals surface area contributed by atoms with Crippen LogP contribution in [-0.2, 0) is 16.6 Å². The Hall–Kier alpha value is -3.34. The fraction of sp³-hybridized carbons (Fsp3) is 0.250. The number of halogens is 1. The Morgan fingerprint density at radius 3 is 2.03 bits per heavy atom. The van der Waals surface area contributed by atoms with Gasteiger partial charge in [0, 0.05) is 30.0 Å². The van der Waals surface area contributed by atoms with Crippen molar-refractivity contribution in [1.29, 1.82) is 0 Å². The number of rotatable bonds is 12. The largest absolute Gasteiger partial charge is 0.497 e. The van der Waals surface area contributed by atoms with Gasteiger partial charge in [-0.25, -0.2) is 22.5 Å². The van der Waals surface area contributed by atoms with E-state index < -0.39 is 15.8 Å². The van der Waals surface area contributed by atoms with Crippen molar-refractivity contribution in [2.24, 2.45) is 0 Å². The summed E-state index contributed by atoms with van der Waals surface area (Å²) in [5, 5.41) is 0.796. The van der Waals surface area contributed by atoms with Gasteiger partial charge in [0.1, 0.15) is 17.3 Å². The van der Waals surface area contributed by atoms with Gasteiger partial charge in [0.05, 0.1) is 30.5 Å². The van der Waals surface area contributed by atoms with Crippen LogP contribution in [0.1, 0.15) is 13.3 Å². The van der Waals surface area contributed by atoms with E-state index >= 15 is 0 Å². The molecule has 0 aliphatic heterocycles. The smallest absolute Gasteiger partial charge is 0.240 e. The van der Waals surface area contributed by atoms with Gasteiger partial charge in [-0.05, 0) is 79.2 Å². The van der Waals surface area contributed by atoms with Crippen molar-refractivity contribution in [3.8, 4) is 34.0 Å². The average molecular weight is 556 g/mol. The van der Waals surface area contributed by atoms with E-state index in [2.05, 4.69) is 16.2 Å². The summed E-state index contributed by atoms with van der Waals surface area (Å²) in [5.41, 5.74) is 3.77. The minimum atomic E-state index is -3.73. The molecule has 38 heavy (non-hydrogen) atoms. The summed E-state index contributed by atoms with van der Waals surface area (Å²) in [6.07, 6.45) is 0.895. The molecule has 0 aliphatic carbocycles. The zero-order valence-electron chi connectivity index (χ0n) is 21.5. The third-order valence-electron chi connectivity index (χ3n) is 5.86. The fourth-order valence-electron chi connectivity index (χ4n) is 3.98. The highest BCUT2D eigenvalue weighted by Crippen LogP contribution is 2.37. The van der Waals surface area contributed by atoms with Crippen LogP contribution in [0.3, 0.4) is 0 Å². The first kappa shape index (κ1) is 27.7. The lowest BCUT2D eigenvalue weighted by atomic mass is 10.0. The van der Waals surface area contributed by atoms with E-state index in [9.17, 15) is 12.8 Å². The van der Waals surface area contributed by atoms with Crippen molar-refractivity contribution in [2.45, 2.75) is 29.9 Å². The number of ether oxygens (including phenoxy) is 2. The Kier molecular flexibility index (Phi) is 9.09. The van der Waals surface area contributed by atoms with Crippen LogP contribution in [0.5, 0.6) is 11.5 Å². The quantitative estimate of drug-likeness (QED) is 0.174. The predicted octanol–water partition coefficient (Wildman–Crippen LogP) is 5.85. The van der Waals surface area contributed by atoms with E-state index in [1.807, 2.05) is 48.5 Å². The van der Waals surface area contributed by atoms with Crippen LogP contribution in [0.2, 0.25) is 0 Å². The molecule has 0 atom stereocenters. The number of benzene rings is 3. The van der Waals surface area contributed by atoms with Crippen molar-refractivity contribution in [1.82, 2.24) is 14.3 Å². The van der Waals surface area contributed by atoms with Gasteiger partial charge in [0.2, 0.25) is 10.0 Å². The number of thioether (sulfide) groups is 1. The lowest BCUT2D eigenvalue weighted by Crippen LogP contribution is -2.26. The molecular weight excluding hydrogens is 525 g/mol. The number of hydrogen-bond acceptors (Lipinski definition) is 6. The normalized spacial score (nSPS) is 11.5. The van der Waals surface area contributed by atoms with E-state index in [0.29, 0.717) is 5.75 Å². The number of imidazole rings is 1. The summed E-state index contributed by atoms with van der Waals surface area (Å²) in [7, 11) is -0.466. The molecule has 0 fully saturated rings. The van der Waals surface area contributed by atoms with E-state index in [4.69, 9.17) is 14.5 Å². The van der Waals surface area contributed by atoms with E-state index in [1.165, 1.54) is 23.9 Å². The molecule has 0 spiro atoms. The summed E-state index contributed by atoms with van der Waals surface area (Å²) in [4.78, 5) is 5.04. The summed E-state index contributed by atoms with van der Waals surface area (Å²) in [5.74, 6) is 1.51. The molecule has 7 nitrogen and oxygen atoms in total. The Bertz CT molecular complexity index is 1450. The zero-order chi connectivity index (χ0) is 27.1. The summed E-state index contributed by atoms with van der Waals surface area (Å²) in [6, 6.07) is 20.4. The first-order valence-electron chi connectivity index (χ1n) is 12.1. The number of nitrogens with one attached hydrogen (secondary N) is 1. The van der Waals surface area contributed by atoms with Gasteiger partial charge < -0.3 is 14.0 Å². The highest BCUT2D eigenvalue weighted by Gasteiger charge is 2.21. The summed E-state index contributed by atoms with van der Waals surface area (Å²) >= 11 is 1.48. The molecule has 0 radical (unpaired) electrons. The topological polar surface area (TPSA) is 82.5 Å². The molecule has 1 aromatic heterocycles. The second kappa shape index (κ2) is 12.5. The lowest BCUT2D eigenvalue weighted by Gasteiger charge is -2.13. The van der Waals surface area contributed by atoms with Gasteiger partial charge in [-0.3, -0.25) is 0 Å². The van der Waals surface area contributed by atoms with E-state index in [-0.39, 0.29) is 11.4 Å². The standard InChI is InChI=1S/C28H30FN3O4S2/c1-4-18-32-27(21-7-13-24(36-3)14-8-21)26(20-5-11-23(35-2)12-6-20)31-28(32)37-19-17-30-38(33,34)25-15-9-22(29)10-16-25/h5-16,30H,4,17-19H2,1-3H3. The maximum absolute atomic E-state index is 13.2. The number of aromatic nitrogens is 2. The first-order valence-corrected chi connectivity index (χ1v) is 14.6. The molecule has 0 amide bonds. The lowest BCUT2D eigenvalue weighted by molar-refractivity contribution is 0.414. The SMILES string of the molecule is CCCn1c(SCCNS(=O)(=O)c2ccc(F)cc2)nc(-c2ccc(OC)cc2)c1-c1ccc(OC)cc1. The van der Waals surface area contributed by atoms with Gasteiger partial charge in [0.15, 0.2) is 5.16 Å². The molecule has 3 aromatic carbocycles. The van der Waals surface area contributed by atoms with Gasteiger partial charge in [-0.15, -0.1) is 0 Å². The molecular formula is C28H30FN3O4S2. The third-order valence-corrected chi connectivity index (χ3v) is 8.31. The van der Waals surface area contributed by atoms with Crippen LogP contribution < -0.4 is 14.2 Å². The highest BCUT2D eigenvalue weighted by atomic mass is 32.2. The molecule has 10 heteroatoms. The molecule has 0 aliphatic rings. The highest BCUT2D eigenvalue weighted by molar-refractivity contribution is 7.99. The molecule has 4 rings (SSSR count). The van der Waals surface area contributed by atoms with Crippen molar-refractivity contribution >= 4 is 21.8 Å². The number of nitrogens with zero attached hydrogens (tertiary/aromatic N) is 2. The zero-order valence-corrected chi connectivity index (χ0v) is 23.1. The second-order valence-corrected chi connectivity index (χ2v) is 11.2. The Morgan fingerprint density at radius 2 is 1.47 bits per heavy atom. The monoisotopic (exact) mass is 555 g/mol. The van der Waals surface area contributed by atoms with Gasteiger partial charge in [0.25, 0.3) is 0 Å². The van der Waals surface area contributed by atoms with E-state index in [1.54, 1.807) is 14.2 Å². The predicted molar refractivity (Wildman–Crippen MR) is 149 cm³/mol. The van der Waals surface area contributed by atoms with Crippen molar-refractivity contribution < 1.29 is 22.3 Å². The van der Waals surface area contributed by atoms with Gasteiger partial charge in [-0.1, -0.05) is 18.7 Å². The molecule has 0 unspecified atom stereocenters. The van der Waals surface area contributed by atoms with Crippen LogP contribution in [0.15, 0.2) is 82.8 Å². The molecule has 4 aromatic rings. The number of hydrogen-bond donors (Lipinski definition) is 1. The first-order chi connectivity index (χ1) is 18.4. The van der Waals surface area contributed by atoms with Gasteiger partial charge in [-0.2, -0.15) is 0 Å². The minimum absolute atomic E-state index is 0.0277. The fourth-order valence-corrected chi connectivity index (χ4v) is 6.02. The van der Waals surface area contributed by atoms with Crippen LogP contribution >= 0.6 is 11.8 Å². The van der Waals surface area contributed by atoms with Crippen LogP contribution in [0, 0.1) is 5.82 Å². The molecule has 200 valence electrons. The van der Waals surface area contributed by atoms with Crippen molar-refractivity contribution in [3.05, 3.63) is 78.6 Å². The molecule has 0 saturated carbocycles. The minimum Gasteiger partial charge on any atom is -0.497 e. The van der Waals surface area contributed by atoms with Gasteiger partial charge >= 0.3 is 0 Å². The number of sulfonamides is 1. The van der Waals surface area contributed by atoms with Crippen molar-refractivity contribution in [2.75, 3.05) is 26.5 Å². The molecule has 1 heterocycles. The molecule has 1 N–H and O–H groups in total. The Labute approximate surface area is 227 Å². The molecule has 0 bridgehead atoms. The number of methoxy groups -OCH3 is 2. The van der Waals surface area contributed by atoms with Crippen molar-refractivity contribution in [3.63, 3.8) is 0 Å². The maximum atomic E-state index is 13.2. The van der Waals surface area contributed by atoms with Crippen LogP contribution in [0.25, 0.3) is 22.5 Å². The Balaban J connectivity index is 1.63. The average Bonchev–Trinajstić information content (AvgIpc) is 3.29. The van der Waals surface area contributed by atoms with E-state index in [0.717, 1.165) is 64.3 Å². The Morgan fingerprint density at radius 1 is 0.895 bits per heavy atom. The summed E-state index contributed by atoms with van der Waals surface area (Å²) < 4.78 is 53.8. The third kappa shape index (κ3) is 6.38. The summed E-state index contributed by atoms with van der Waals surface area (Å²) in [6.45, 7) is 3.05. The molecule has 0 saturated heterocycles. The van der Waals surface area contributed by atoms with Crippen LogP contribution in [-0.4, -0.2) is 44.5 Å². The second-order valence-electron chi connectivity index (χ2n) is 8.40. The van der Waals surface area contributed by atoms with Crippen LogP contribution in [0.4, 0.5) is 4.39 Å². The maximum Gasteiger partial charge on any atom is 0.240 e.